The number of anilines is 1. The Kier molecular flexibility index (Phi) is 6.91. The first-order valence-electron chi connectivity index (χ1n) is 10.9. The molecule has 8 heteroatoms. The first-order valence-corrected chi connectivity index (χ1v) is 10.9. The summed E-state index contributed by atoms with van der Waals surface area (Å²) in [5, 5.41) is 2.59. The number of ketones is 1. The largest absolute Gasteiger partial charge is 0.321 e. The molecule has 0 bridgehead atoms. The maximum atomic E-state index is 13.5. The molecule has 4 aromatic rings. The van der Waals surface area contributed by atoms with Crippen molar-refractivity contribution in [3.63, 3.8) is 0 Å². The van der Waals surface area contributed by atoms with Gasteiger partial charge in [-0.2, -0.15) is 0 Å². The number of hydrogen-bond acceptors (Lipinski definition) is 4. The van der Waals surface area contributed by atoms with E-state index in [1.807, 2.05) is 0 Å². The second kappa shape index (κ2) is 10.2. The molecule has 35 heavy (non-hydrogen) atoms. The first-order chi connectivity index (χ1) is 16.9. The maximum Gasteiger partial charge on any atom is 0.275 e. The molecule has 2 heterocycles. The zero-order valence-corrected chi connectivity index (χ0v) is 18.8. The highest BCUT2D eigenvalue weighted by Gasteiger charge is 2.15. The van der Waals surface area contributed by atoms with Gasteiger partial charge < -0.3 is 9.88 Å². The molecule has 0 aliphatic carbocycles. The number of hydrogen-bond donors (Lipinski definition) is 1. The standard InChI is InChI=1S/C27H21F2N3O3/c1-2-25(33)31-23-11-12-24(17-3-7-20(28)8-4-17)32(27(23)35)16-22-15-19(13-14-30-22)26(34)18-5-9-21(29)10-6-18/h3-15H,2,16H2,1H3,(H,31,33). The molecule has 0 unspecified atom stereocenters. The van der Waals surface area contributed by atoms with Crippen LogP contribution >= 0.6 is 0 Å². The van der Waals surface area contributed by atoms with Crippen LogP contribution in [0.2, 0.25) is 0 Å². The zero-order valence-electron chi connectivity index (χ0n) is 18.8. The van der Waals surface area contributed by atoms with E-state index in [2.05, 4.69) is 10.3 Å². The molecule has 0 aliphatic heterocycles. The number of amides is 1. The van der Waals surface area contributed by atoms with Gasteiger partial charge in [-0.1, -0.05) is 6.92 Å². The number of rotatable bonds is 7. The van der Waals surface area contributed by atoms with Crippen molar-refractivity contribution in [2.24, 2.45) is 0 Å². The quantitative estimate of drug-likeness (QED) is 0.391. The SMILES string of the molecule is CCC(=O)Nc1ccc(-c2ccc(F)cc2)n(Cc2cc(C(=O)c3ccc(F)cc3)ccn2)c1=O. The number of aromatic nitrogens is 2. The van der Waals surface area contributed by atoms with Gasteiger partial charge in [0.25, 0.3) is 5.56 Å². The summed E-state index contributed by atoms with van der Waals surface area (Å²) in [5.41, 5.74) is 1.77. The van der Waals surface area contributed by atoms with Crippen LogP contribution in [0.3, 0.4) is 0 Å². The Morgan fingerprint density at radius 1 is 0.886 bits per heavy atom. The minimum Gasteiger partial charge on any atom is -0.321 e. The average Bonchev–Trinajstić information content (AvgIpc) is 2.87. The molecule has 0 saturated heterocycles. The first kappa shape index (κ1) is 23.7. The van der Waals surface area contributed by atoms with Crippen molar-refractivity contribution >= 4 is 17.4 Å². The van der Waals surface area contributed by atoms with Crippen molar-refractivity contribution in [2.45, 2.75) is 19.9 Å². The molecular weight excluding hydrogens is 452 g/mol. The molecular formula is C27H21F2N3O3. The summed E-state index contributed by atoms with van der Waals surface area (Å²) < 4.78 is 28.1. The lowest BCUT2D eigenvalue weighted by Gasteiger charge is -2.15. The molecule has 0 aliphatic rings. The Hall–Kier alpha value is -4.46. The number of benzene rings is 2. The second-order valence-corrected chi connectivity index (χ2v) is 7.80. The highest BCUT2D eigenvalue weighted by atomic mass is 19.1. The van der Waals surface area contributed by atoms with Crippen LogP contribution in [-0.2, 0) is 11.3 Å². The maximum absolute atomic E-state index is 13.5. The Balaban J connectivity index is 1.75. The molecule has 2 aromatic carbocycles. The minimum atomic E-state index is -0.467. The fraction of sp³-hybridized carbons (Fsp3) is 0.111. The highest BCUT2D eigenvalue weighted by Crippen LogP contribution is 2.21. The van der Waals surface area contributed by atoms with Crippen LogP contribution in [0.1, 0.15) is 35.0 Å². The number of pyridine rings is 2. The fourth-order valence-electron chi connectivity index (χ4n) is 3.58. The molecule has 6 nitrogen and oxygen atoms in total. The van der Waals surface area contributed by atoms with Gasteiger partial charge in [-0.25, -0.2) is 8.78 Å². The summed E-state index contributed by atoms with van der Waals surface area (Å²) >= 11 is 0. The molecule has 4 rings (SSSR count). The highest BCUT2D eigenvalue weighted by molar-refractivity contribution is 6.08. The third kappa shape index (κ3) is 5.38. The number of carbonyl (C=O) groups is 2. The van der Waals surface area contributed by atoms with Crippen LogP contribution in [0.25, 0.3) is 11.3 Å². The second-order valence-electron chi connectivity index (χ2n) is 7.80. The third-order valence-corrected chi connectivity index (χ3v) is 5.41. The van der Waals surface area contributed by atoms with Crippen molar-refractivity contribution in [1.82, 2.24) is 9.55 Å². The predicted octanol–water partition coefficient (Wildman–Crippen LogP) is 4.82. The predicted molar refractivity (Wildman–Crippen MR) is 128 cm³/mol. The molecule has 1 N–H and O–H groups in total. The molecule has 0 radical (unpaired) electrons. The smallest absolute Gasteiger partial charge is 0.275 e. The fourth-order valence-corrected chi connectivity index (χ4v) is 3.58. The van der Waals surface area contributed by atoms with Gasteiger partial charge >= 0.3 is 0 Å². The van der Waals surface area contributed by atoms with Crippen LogP contribution in [-0.4, -0.2) is 21.2 Å². The lowest BCUT2D eigenvalue weighted by atomic mass is 10.0. The summed E-state index contributed by atoms with van der Waals surface area (Å²) in [4.78, 5) is 42.4. The van der Waals surface area contributed by atoms with Crippen LogP contribution in [0.15, 0.2) is 83.8 Å². The number of halogens is 2. The lowest BCUT2D eigenvalue weighted by Crippen LogP contribution is -2.27. The van der Waals surface area contributed by atoms with E-state index >= 15 is 0 Å². The zero-order chi connectivity index (χ0) is 24.9. The van der Waals surface area contributed by atoms with Crippen LogP contribution in [0.4, 0.5) is 14.5 Å². The van der Waals surface area contributed by atoms with E-state index in [0.29, 0.717) is 28.1 Å². The van der Waals surface area contributed by atoms with Crippen molar-refractivity contribution in [3.05, 3.63) is 118 Å². The van der Waals surface area contributed by atoms with Crippen molar-refractivity contribution < 1.29 is 18.4 Å². The molecule has 0 atom stereocenters. The van der Waals surface area contributed by atoms with Gasteiger partial charge in [-0.3, -0.25) is 19.4 Å². The normalized spacial score (nSPS) is 10.7. The Bertz CT molecular complexity index is 1450. The van der Waals surface area contributed by atoms with Crippen molar-refractivity contribution in [3.8, 4) is 11.3 Å². The summed E-state index contributed by atoms with van der Waals surface area (Å²) in [7, 11) is 0. The van der Waals surface area contributed by atoms with Crippen LogP contribution < -0.4 is 10.9 Å². The van der Waals surface area contributed by atoms with E-state index in [1.54, 1.807) is 31.2 Å². The number of nitrogens with zero attached hydrogens (tertiary/aromatic N) is 2. The van der Waals surface area contributed by atoms with E-state index in [-0.39, 0.29) is 30.3 Å². The number of carbonyl (C=O) groups excluding carboxylic acids is 2. The van der Waals surface area contributed by atoms with Crippen LogP contribution in [0.5, 0.6) is 0 Å². The molecule has 176 valence electrons. The molecule has 0 spiro atoms. The van der Waals surface area contributed by atoms with E-state index in [4.69, 9.17) is 0 Å². The Morgan fingerprint density at radius 3 is 2.20 bits per heavy atom. The summed E-state index contributed by atoms with van der Waals surface area (Å²) in [5.74, 6) is -1.49. The molecule has 0 fully saturated rings. The minimum absolute atomic E-state index is 0.00802. The average molecular weight is 473 g/mol. The van der Waals surface area contributed by atoms with Gasteiger partial charge in [0.2, 0.25) is 5.91 Å². The summed E-state index contributed by atoms with van der Waals surface area (Å²) in [6.45, 7) is 1.67. The van der Waals surface area contributed by atoms with Gasteiger partial charge in [0.1, 0.15) is 17.3 Å². The molecule has 2 aromatic heterocycles. The number of nitrogens with one attached hydrogen (secondary N) is 1. The van der Waals surface area contributed by atoms with E-state index in [9.17, 15) is 23.2 Å². The van der Waals surface area contributed by atoms with Gasteiger partial charge in [0.15, 0.2) is 5.78 Å². The summed E-state index contributed by atoms with van der Waals surface area (Å²) in [6.07, 6.45) is 1.66. The molecule has 1 amide bonds. The van der Waals surface area contributed by atoms with E-state index in [1.165, 1.54) is 59.3 Å². The van der Waals surface area contributed by atoms with Crippen molar-refractivity contribution in [1.29, 1.82) is 0 Å². The lowest BCUT2D eigenvalue weighted by molar-refractivity contribution is -0.115. The topological polar surface area (TPSA) is 81.1 Å². The monoisotopic (exact) mass is 473 g/mol. The Labute approximate surface area is 199 Å². The Morgan fingerprint density at radius 2 is 1.54 bits per heavy atom. The third-order valence-electron chi connectivity index (χ3n) is 5.41. The van der Waals surface area contributed by atoms with Gasteiger partial charge in [-0.05, 0) is 78.4 Å². The van der Waals surface area contributed by atoms with Gasteiger partial charge in [0.05, 0.1) is 17.9 Å². The van der Waals surface area contributed by atoms with Gasteiger partial charge in [-0.15, -0.1) is 0 Å². The summed E-state index contributed by atoms with van der Waals surface area (Å²) in [6, 6.07) is 17.2. The van der Waals surface area contributed by atoms with E-state index in [0.717, 1.165) is 0 Å². The van der Waals surface area contributed by atoms with E-state index < -0.39 is 17.2 Å². The molecule has 0 saturated carbocycles. The van der Waals surface area contributed by atoms with Crippen molar-refractivity contribution in [2.75, 3.05) is 5.32 Å². The van der Waals surface area contributed by atoms with Gasteiger partial charge in [0, 0.05) is 23.7 Å². The van der Waals surface area contributed by atoms with Crippen LogP contribution in [0, 0.1) is 11.6 Å².